The Morgan fingerprint density at radius 3 is 2.44 bits per heavy atom. The Hall–Kier alpha value is -1.80. The van der Waals surface area contributed by atoms with Crippen LogP contribution in [0.3, 0.4) is 0 Å². The predicted molar refractivity (Wildman–Crippen MR) is 70.4 cm³/mol. The van der Waals surface area contributed by atoms with E-state index in [-0.39, 0.29) is 6.10 Å². The molecule has 0 radical (unpaired) electrons. The number of hydrogen-bond acceptors (Lipinski definition) is 2. The molecule has 1 aliphatic rings. The van der Waals surface area contributed by atoms with Gasteiger partial charge in [-0.15, -0.1) is 0 Å². The molecule has 0 unspecified atom stereocenters. The first-order valence-corrected chi connectivity index (χ1v) is 6.29. The van der Waals surface area contributed by atoms with Crippen molar-refractivity contribution in [2.45, 2.75) is 25.0 Å². The quantitative estimate of drug-likeness (QED) is 0.871. The molecule has 0 aliphatic carbocycles. The second kappa shape index (κ2) is 4.14. The minimum Gasteiger partial charge on any atom is -0.482 e. The van der Waals surface area contributed by atoms with Gasteiger partial charge in [0.25, 0.3) is 0 Å². The lowest BCUT2D eigenvalue weighted by atomic mass is 9.84. The van der Waals surface area contributed by atoms with Crippen LogP contribution < -0.4 is 4.74 Å². The van der Waals surface area contributed by atoms with Gasteiger partial charge in [-0.2, -0.15) is 0 Å². The van der Waals surface area contributed by atoms with Crippen LogP contribution in [0.25, 0.3) is 0 Å². The topological polar surface area (TPSA) is 29.5 Å². The molecule has 0 saturated carbocycles. The van der Waals surface area contributed by atoms with Gasteiger partial charge in [0, 0.05) is 5.56 Å². The Kier molecular flexibility index (Phi) is 2.60. The Morgan fingerprint density at radius 1 is 1.06 bits per heavy atom. The van der Waals surface area contributed by atoms with Gasteiger partial charge in [-0.05, 0) is 18.1 Å². The second-order valence-electron chi connectivity index (χ2n) is 4.68. The molecule has 92 valence electrons. The highest BCUT2D eigenvalue weighted by atomic mass is 16.5. The molecule has 0 bridgehead atoms. The van der Waals surface area contributed by atoms with Crippen molar-refractivity contribution < 1.29 is 9.84 Å². The van der Waals surface area contributed by atoms with Crippen LogP contribution in [0.15, 0.2) is 54.6 Å². The Labute approximate surface area is 107 Å². The maximum absolute atomic E-state index is 10.9. The first kappa shape index (κ1) is 11.3. The van der Waals surface area contributed by atoms with Crippen LogP contribution in [0.2, 0.25) is 0 Å². The van der Waals surface area contributed by atoms with Crippen LogP contribution in [-0.2, 0) is 5.60 Å². The summed E-state index contributed by atoms with van der Waals surface area (Å²) in [6.07, 6.45) is 0.310. The minimum absolute atomic E-state index is 0.318. The lowest BCUT2D eigenvalue weighted by molar-refractivity contribution is -0.0449. The van der Waals surface area contributed by atoms with E-state index in [4.69, 9.17) is 4.74 Å². The molecule has 0 spiro atoms. The Morgan fingerprint density at radius 2 is 1.72 bits per heavy atom. The molecule has 0 saturated heterocycles. The summed E-state index contributed by atoms with van der Waals surface area (Å²) in [5.41, 5.74) is 0.970. The molecule has 18 heavy (non-hydrogen) atoms. The monoisotopic (exact) mass is 240 g/mol. The molecule has 2 heteroatoms. The molecule has 3 rings (SSSR count). The highest BCUT2D eigenvalue weighted by Crippen LogP contribution is 2.50. The summed E-state index contributed by atoms with van der Waals surface area (Å²) in [6.45, 7) is 1.99. The third kappa shape index (κ3) is 1.53. The molecular formula is C16H16O2. The van der Waals surface area contributed by atoms with E-state index in [1.807, 2.05) is 61.5 Å². The fourth-order valence-corrected chi connectivity index (χ4v) is 2.64. The van der Waals surface area contributed by atoms with E-state index in [2.05, 4.69) is 0 Å². The lowest BCUT2D eigenvalue weighted by Gasteiger charge is -2.28. The van der Waals surface area contributed by atoms with Gasteiger partial charge in [-0.25, -0.2) is 0 Å². The van der Waals surface area contributed by atoms with Crippen molar-refractivity contribution in [3.63, 3.8) is 0 Å². The van der Waals surface area contributed by atoms with Crippen LogP contribution in [-0.4, -0.2) is 5.11 Å². The van der Waals surface area contributed by atoms with Crippen molar-refractivity contribution in [1.29, 1.82) is 0 Å². The zero-order valence-corrected chi connectivity index (χ0v) is 10.3. The summed E-state index contributed by atoms with van der Waals surface area (Å²) in [6, 6.07) is 17.6. The van der Waals surface area contributed by atoms with Crippen molar-refractivity contribution in [2.24, 2.45) is 0 Å². The summed E-state index contributed by atoms with van der Waals surface area (Å²) in [5.74, 6) is 0.788. The molecule has 2 nitrogen and oxygen atoms in total. The van der Waals surface area contributed by atoms with Gasteiger partial charge in [-0.1, -0.05) is 55.5 Å². The normalized spacial score (nSPS) is 25.6. The van der Waals surface area contributed by atoms with Gasteiger partial charge >= 0.3 is 0 Å². The Balaban J connectivity index is 2.10. The summed E-state index contributed by atoms with van der Waals surface area (Å²) in [5, 5.41) is 10.9. The smallest absolute Gasteiger partial charge is 0.157 e. The molecule has 1 N–H and O–H groups in total. The average molecular weight is 240 g/mol. The summed E-state index contributed by atoms with van der Waals surface area (Å²) in [7, 11) is 0. The SMILES string of the molecule is CC[C@]1(O)c2ccccc2O[C@H]1c1ccccc1. The number of fused-ring (bicyclic) bond motifs is 1. The van der Waals surface area contributed by atoms with Gasteiger partial charge in [0.2, 0.25) is 0 Å². The van der Waals surface area contributed by atoms with Gasteiger partial charge in [0.1, 0.15) is 11.4 Å². The zero-order chi connectivity index (χ0) is 12.6. The third-order valence-electron chi connectivity index (χ3n) is 3.67. The van der Waals surface area contributed by atoms with Crippen molar-refractivity contribution in [2.75, 3.05) is 0 Å². The summed E-state index contributed by atoms with van der Waals surface area (Å²) in [4.78, 5) is 0. The number of para-hydroxylation sites is 1. The molecule has 2 aromatic rings. The van der Waals surface area contributed by atoms with E-state index in [0.29, 0.717) is 6.42 Å². The molecule has 0 amide bonds. The average Bonchev–Trinajstić information content (AvgIpc) is 2.74. The van der Waals surface area contributed by atoms with E-state index in [9.17, 15) is 5.11 Å². The van der Waals surface area contributed by atoms with E-state index in [1.54, 1.807) is 0 Å². The third-order valence-corrected chi connectivity index (χ3v) is 3.67. The highest BCUT2D eigenvalue weighted by molar-refractivity contribution is 5.45. The number of benzene rings is 2. The molecular weight excluding hydrogens is 224 g/mol. The number of rotatable bonds is 2. The fraction of sp³-hybridized carbons (Fsp3) is 0.250. The van der Waals surface area contributed by atoms with Crippen LogP contribution in [0.1, 0.15) is 30.6 Å². The molecule has 1 aliphatic heterocycles. The first-order chi connectivity index (χ1) is 8.75. The zero-order valence-electron chi connectivity index (χ0n) is 10.3. The first-order valence-electron chi connectivity index (χ1n) is 6.29. The van der Waals surface area contributed by atoms with Crippen LogP contribution >= 0.6 is 0 Å². The minimum atomic E-state index is -0.933. The highest BCUT2D eigenvalue weighted by Gasteiger charge is 2.46. The lowest BCUT2D eigenvalue weighted by Crippen LogP contribution is -2.30. The van der Waals surface area contributed by atoms with Gasteiger partial charge in [-0.3, -0.25) is 0 Å². The predicted octanol–water partition coefficient (Wildman–Crippen LogP) is 3.42. The number of hydrogen-bond donors (Lipinski definition) is 1. The summed E-state index contributed by atoms with van der Waals surface area (Å²) < 4.78 is 5.95. The molecule has 2 atom stereocenters. The molecule has 0 fully saturated rings. The van der Waals surface area contributed by atoms with Crippen molar-refractivity contribution >= 4 is 0 Å². The van der Waals surface area contributed by atoms with Crippen LogP contribution in [0, 0.1) is 0 Å². The molecule has 0 aromatic heterocycles. The number of aliphatic hydroxyl groups is 1. The number of ether oxygens (including phenoxy) is 1. The maximum Gasteiger partial charge on any atom is 0.157 e. The van der Waals surface area contributed by atoms with E-state index < -0.39 is 5.60 Å². The molecule has 2 aromatic carbocycles. The summed E-state index contributed by atoms with van der Waals surface area (Å²) >= 11 is 0. The van der Waals surface area contributed by atoms with Crippen LogP contribution in [0.5, 0.6) is 5.75 Å². The largest absolute Gasteiger partial charge is 0.482 e. The molecule has 1 heterocycles. The van der Waals surface area contributed by atoms with Crippen molar-refractivity contribution in [3.8, 4) is 5.75 Å². The van der Waals surface area contributed by atoms with Crippen molar-refractivity contribution in [1.82, 2.24) is 0 Å². The van der Waals surface area contributed by atoms with E-state index >= 15 is 0 Å². The van der Waals surface area contributed by atoms with Gasteiger partial charge < -0.3 is 9.84 Å². The fourth-order valence-electron chi connectivity index (χ4n) is 2.64. The van der Waals surface area contributed by atoms with Gasteiger partial charge in [0.05, 0.1) is 0 Å². The van der Waals surface area contributed by atoms with E-state index in [0.717, 1.165) is 16.9 Å². The second-order valence-corrected chi connectivity index (χ2v) is 4.68. The maximum atomic E-state index is 10.9. The standard InChI is InChI=1S/C16H16O2/c1-2-16(17)13-10-6-7-11-14(13)18-15(16)12-8-4-3-5-9-12/h3-11,15,17H,2H2,1H3/t15-,16-/m0/s1. The Bertz CT molecular complexity index is 550. The van der Waals surface area contributed by atoms with E-state index in [1.165, 1.54) is 0 Å². The van der Waals surface area contributed by atoms with Gasteiger partial charge in [0.15, 0.2) is 6.10 Å². The van der Waals surface area contributed by atoms with Crippen molar-refractivity contribution in [3.05, 3.63) is 65.7 Å². The van der Waals surface area contributed by atoms with Crippen LogP contribution in [0.4, 0.5) is 0 Å².